The first kappa shape index (κ1) is 9.40. The maximum Gasteiger partial charge on any atom is 0.142 e. The first-order valence-electron chi connectivity index (χ1n) is 5.12. The van der Waals surface area contributed by atoms with E-state index < -0.39 is 0 Å². The lowest BCUT2D eigenvalue weighted by molar-refractivity contribution is 0.248. The average molecular weight is 192 g/mol. The minimum Gasteiger partial charge on any atom is -0.382 e. The summed E-state index contributed by atoms with van der Waals surface area (Å²) in [6, 6.07) is 0. The monoisotopic (exact) mass is 192 g/mol. The Labute approximate surface area is 84.2 Å². The van der Waals surface area contributed by atoms with Crippen molar-refractivity contribution in [2.24, 2.45) is 0 Å². The number of hydrogen-bond donors (Lipinski definition) is 1. The van der Waals surface area contributed by atoms with Gasteiger partial charge in [0, 0.05) is 19.5 Å². The van der Waals surface area contributed by atoms with Gasteiger partial charge >= 0.3 is 0 Å². The molecule has 1 aromatic rings. The molecule has 0 saturated carbocycles. The van der Waals surface area contributed by atoms with Crippen molar-refractivity contribution in [3.05, 3.63) is 17.6 Å². The maximum atomic E-state index is 5.59. The molecule has 2 heterocycles. The molecule has 0 saturated heterocycles. The largest absolute Gasteiger partial charge is 0.382 e. The molecule has 0 aliphatic carbocycles. The summed E-state index contributed by atoms with van der Waals surface area (Å²) < 4.78 is 0. The van der Waals surface area contributed by atoms with E-state index in [4.69, 9.17) is 5.73 Å². The molecule has 0 unspecified atom stereocenters. The summed E-state index contributed by atoms with van der Waals surface area (Å²) >= 11 is 0. The molecule has 1 aliphatic heterocycles. The molecule has 0 aromatic carbocycles. The van der Waals surface area contributed by atoms with E-state index in [1.54, 1.807) is 6.20 Å². The number of fused-ring (bicyclic) bond motifs is 1. The molecular formula is C10H16N4. The van der Waals surface area contributed by atoms with Gasteiger partial charge in [0.1, 0.15) is 5.82 Å². The van der Waals surface area contributed by atoms with Crippen molar-refractivity contribution < 1.29 is 0 Å². The van der Waals surface area contributed by atoms with Crippen LogP contribution in [0.5, 0.6) is 0 Å². The van der Waals surface area contributed by atoms with Crippen LogP contribution in [0.25, 0.3) is 0 Å². The van der Waals surface area contributed by atoms with Crippen LogP contribution in [-0.4, -0.2) is 28.0 Å². The van der Waals surface area contributed by atoms with Crippen LogP contribution in [0.2, 0.25) is 0 Å². The summed E-state index contributed by atoms with van der Waals surface area (Å²) in [6.45, 7) is 5.35. The molecule has 1 aromatic heterocycles. The smallest absolute Gasteiger partial charge is 0.142 e. The summed E-state index contributed by atoms with van der Waals surface area (Å²) in [7, 11) is 0. The summed E-state index contributed by atoms with van der Waals surface area (Å²) in [5.41, 5.74) is 7.77. The average Bonchev–Trinajstić information content (AvgIpc) is 2.19. The van der Waals surface area contributed by atoms with Gasteiger partial charge in [-0.05, 0) is 13.0 Å². The van der Waals surface area contributed by atoms with Crippen molar-refractivity contribution in [1.82, 2.24) is 14.9 Å². The normalized spacial score (nSPS) is 16.6. The minimum absolute atomic E-state index is 0.535. The molecule has 0 bridgehead atoms. The van der Waals surface area contributed by atoms with Gasteiger partial charge in [-0.2, -0.15) is 0 Å². The maximum absolute atomic E-state index is 5.59. The lowest BCUT2D eigenvalue weighted by Gasteiger charge is -2.26. The molecule has 1 aliphatic rings. The van der Waals surface area contributed by atoms with Gasteiger partial charge in [0.05, 0.1) is 17.6 Å². The van der Waals surface area contributed by atoms with Crippen LogP contribution >= 0.6 is 0 Å². The fourth-order valence-corrected chi connectivity index (χ4v) is 1.86. The third-order valence-electron chi connectivity index (χ3n) is 2.53. The molecule has 0 fully saturated rings. The summed E-state index contributed by atoms with van der Waals surface area (Å²) in [5, 5.41) is 0. The van der Waals surface area contributed by atoms with Gasteiger partial charge in [0.15, 0.2) is 0 Å². The highest BCUT2D eigenvalue weighted by molar-refractivity contribution is 5.28. The number of nitrogens with zero attached hydrogens (tertiary/aromatic N) is 3. The molecule has 0 spiro atoms. The molecule has 2 rings (SSSR count). The van der Waals surface area contributed by atoms with Gasteiger partial charge in [0.2, 0.25) is 0 Å². The Kier molecular flexibility index (Phi) is 2.63. The molecule has 4 nitrogen and oxygen atoms in total. The molecule has 14 heavy (non-hydrogen) atoms. The summed E-state index contributed by atoms with van der Waals surface area (Å²) in [6.07, 6.45) is 3.82. The van der Waals surface area contributed by atoms with Gasteiger partial charge in [0.25, 0.3) is 0 Å². The van der Waals surface area contributed by atoms with E-state index in [1.165, 1.54) is 6.42 Å². The Morgan fingerprint density at radius 2 is 2.36 bits per heavy atom. The van der Waals surface area contributed by atoms with Crippen molar-refractivity contribution in [2.45, 2.75) is 26.3 Å². The van der Waals surface area contributed by atoms with Crippen LogP contribution in [0.15, 0.2) is 6.20 Å². The third kappa shape index (κ3) is 1.85. The van der Waals surface area contributed by atoms with Crippen molar-refractivity contribution in [1.29, 1.82) is 0 Å². The Bertz CT molecular complexity index is 324. The second-order valence-corrected chi connectivity index (χ2v) is 3.71. The highest BCUT2D eigenvalue weighted by Gasteiger charge is 2.17. The van der Waals surface area contributed by atoms with E-state index in [0.717, 1.165) is 37.4 Å². The topological polar surface area (TPSA) is 55.0 Å². The summed E-state index contributed by atoms with van der Waals surface area (Å²) in [4.78, 5) is 11.0. The zero-order valence-electron chi connectivity index (χ0n) is 8.53. The standard InChI is InChI=1S/C10H16N4/c1-2-4-14-5-3-8-9(7-14)12-6-10(11)13-8/h6H,2-5,7H2,1H3,(H2,11,13). The predicted octanol–water partition coefficient (Wildman–Crippen LogP) is 0.827. The van der Waals surface area contributed by atoms with Crippen LogP contribution in [0, 0.1) is 0 Å². The van der Waals surface area contributed by atoms with Gasteiger partial charge in [-0.15, -0.1) is 0 Å². The quantitative estimate of drug-likeness (QED) is 0.754. The zero-order chi connectivity index (χ0) is 9.97. The van der Waals surface area contributed by atoms with E-state index >= 15 is 0 Å². The molecule has 0 atom stereocenters. The Morgan fingerprint density at radius 1 is 1.50 bits per heavy atom. The van der Waals surface area contributed by atoms with Crippen molar-refractivity contribution >= 4 is 5.82 Å². The number of hydrogen-bond acceptors (Lipinski definition) is 4. The van der Waals surface area contributed by atoms with Gasteiger partial charge in [-0.1, -0.05) is 6.92 Å². The van der Waals surface area contributed by atoms with Crippen LogP contribution in [0.4, 0.5) is 5.82 Å². The minimum atomic E-state index is 0.535. The third-order valence-corrected chi connectivity index (χ3v) is 2.53. The molecule has 0 radical (unpaired) electrons. The number of nitrogen functional groups attached to an aromatic ring is 1. The molecule has 4 heteroatoms. The van der Waals surface area contributed by atoms with E-state index in [2.05, 4.69) is 21.8 Å². The van der Waals surface area contributed by atoms with Gasteiger partial charge in [-0.25, -0.2) is 4.98 Å². The van der Waals surface area contributed by atoms with E-state index in [0.29, 0.717) is 5.82 Å². The second kappa shape index (κ2) is 3.92. The van der Waals surface area contributed by atoms with E-state index in [-0.39, 0.29) is 0 Å². The van der Waals surface area contributed by atoms with Gasteiger partial charge in [-0.3, -0.25) is 9.88 Å². The van der Waals surface area contributed by atoms with E-state index in [1.807, 2.05) is 0 Å². The molecular weight excluding hydrogens is 176 g/mol. The molecule has 76 valence electrons. The predicted molar refractivity (Wildman–Crippen MR) is 55.7 cm³/mol. The Hall–Kier alpha value is -1.16. The fourth-order valence-electron chi connectivity index (χ4n) is 1.86. The Morgan fingerprint density at radius 3 is 3.14 bits per heavy atom. The van der Waals surface area contributed by atoms with Crippen LogP contribution in [0.1, 0.15) is 24.7 Å². The van der Waals surface area contributed by atoms with Crippen molar-refractivity contribution in [2.75, 3.05) is 18.8 Å². The number of anilines is 1. The van der Waals surface area contributed by atoms with Crippen LogP contribution in [-0.2, 0) is 13.0 Å². The van der Waals surface area contributed by atoms with Crippen LogP contribution in [0.3, 0.4) is 0 Å². The lowest BCUT2D eigenvalue weighted by Crippen LogP contribution is -2.32. The number of aromatic nitrogens is 2. The SMILES string of the molecule is CCCN1CCc2nc(N)cnc2C1. The number of rotatable bonds is 2. The fraction of sp³-hybridized carbons (Fsp3) is 0.600. The first-order chi connectivity index (χ1) is 6.79. The van der Waals surface area contributed by atoms with Crippen molar-refractivity contribution in [3.8, 4) is 0 Å². The van der Waals surface area contributed by atoms with E-state index in [9.17, 15) is 0 Å². The lowest BCUT2D eigenvalue weighted by atomic mass is 10.1. The van der Waals surface area contributed by atoms with Gasteiger partial charge < -0.3 is 5.73 Å². The highest BCUT2D eigenvalue weighted by atomic mass is 15.1. The first-order valence-corrected chi connectivity index (χ1v) is 5.12. The zero-order valence-corrected chi connectivity index (χ0v) is 8.53. The van der Waals surface area contributed by atoms with Crippen LogP contribution < -0.4 is 5.73 Å². The highest BCUT2D eigenvalue weighted by Crippen LogP contribution is 2.15. The molecule has 0 amide bonds. The van der Waals surface area contributed by atoms with Crippen molar-refractivity contribution in [3.63, 3.8) is 0 Å². The number of nitrogens with two attached hydrogens (primary N) is 1. The molecule has 2 N–H and O–H groups in total. The second-order valence-electron chi connectivity index (χ2n) is 3.71. The summed E-state index contributed by atoms with van der Waals surface area (Å²) in [5.74, 6) is 0.535. The Balaban J connectivity index is 2.15.